The van der Waals surface area contributed by atoms with E-state index < -0.39 is 9.85 Å². The zero-order chi connectivity index (χ0) is 12.3. The maximum atomic E-state index is 10.8. The first-order valence-corrected chi connectivity index (χ1v) is 4.51. The molecular weight excluding hydrogens is 216 g/mol. The van der Waals surface area contributed by atoms with Gasteiger partial charge in [0.05, 0.1) is 17.0 Å². The van der Waals surface area contributed by atoms with Gasteiger partial charge in [0.2, 0.25) is 0 Å². The smallest absolute Gasteiger partial charge is 0.320 e. The molecule has 16 heavy (non-hydrogen) atoms. The van der Waals surface area contributed by atoms with E-state index in [1.165, 1.54) is 19.2 Å². The van der Waals surface area contributed by atoms with Gasteiger partial charge < -0.3 is 4.74 Å². The number of nitro groups is 2. The summed E-state index contributed by atoms with van der Waals surface area (Å²) in [6.45, 7) is 1.62. The van der Waals surface area contributed by atoms with Crippen molar-refractivity contribution >= 4 is 11.4 Å². The van der Waals surface area contributed by atoms with Gasteiger partial charge in [-0.2, -0.15) is 0 Å². The van der Waals surface area contributed by atoms with Crippen molar-refractivity contribution in [2.24, 2.45) is 0 Å². The second-order valence-corrected chi connectivity index (χ2v) is 2.98. The fourth-order valence-electron chi connectivity index (χ4n) is 1.49. The van der Waals surface area contributed by atoms with Crippen LogP contribution < -0.4 is 4.74 Å². The second-order valence-electron chi connectivity index (χ2n) is 2.98. The molecule has 7 heteroatoms. The zero-order valence-corrected chi connectivity index (χ0v) is 8.80. The summed E-state index contributed by atoms with van der Waals surface area (Å²) in [5.41, 5.74) is -0.511. The van der Waals surface area contributed by atoms with E-state index in [1.807, 2.05) is 0 Å². The van der Waals surface area contributed by atoms with E-state index in [-0.39, 0.29) is 29.1 Å². The molecule has 0 aliphatic rings. The van der Waals surface area contributed by atoms with Crippen molar-refractivity contribution in [2.45, 2.75) is 13.3 Å². The number of hydrogen-bond donors (Lipinski definition) is 0. The van der Waals surface area contributed by atoms with Crippen molar-refractivity contribution in [3.8, 4) is 5.75 Å². The molecule has 0 saturated carbocycles. The molecule has 0 amide bonds. The molecule has 1 aromatic rings. The van der Waals surface area contributed by atoms with Crippen LogP contribution in [0.3, 0.4) is 0 Å². The van der Waals surface area contributed by atoms with E-state index in [0.29, 0.717) is 0 Å². The van der Waals surface area contributed by atoms with Crippen LogP contribution in [-0.4, -0.2) is 17.0 Å². The lowest BCUT2D eigenvalue weighted by Crippen LogP contribution is -2.02. The van der Waals surface area contributed by atoms with Gasteiger partial charge in [-0.05, 0) is 12.5 Å². The van der Waals surface area contributed by atoms with Gasteiger partial charge in [-0.15, -0.1) is 0 Å². The molecule has 0 aromatic heterocycles. The van der Waals surface area contributed by atoms with Crippen molar-refractivity contribution in [1.29, 1.82) is 0 Å². The molecule has 0 spiro atoms. The highest BCUT2D eigenvalue weighted by Gasteiger charge is 2.28. The molecule has 0 saturated heterocycles. The summed E-state index contributed by atoms with van der Waals surface area (Å²) in [5, 5.41) is 21.5. The predicted octanol–water partition coefficient (Wildman–Crippen LogP) is 2.07. The van der Waals surface area contributed by atoms with Crippen LogP contribution in [0.25, 0.3) is 0 Å². The number of hydrogen-bond acceptors (Lipinski definition) is 5. The van der Waals surface area contributed by atoms with E-state index in [0.717, 1.165) is 0 Å². The van der Waals surface area contributed by atoms with Gasteiger partial charge in [0, 0.05) is 6.07 Å². The molecule has 1 rings (SSSR count). The third kappa shape index (κ3) is 1.92. The number of rotatable bonds is 4. The van der Waals surface area contributed by atoms with E-state index >= 15 is 0 Å². The SMILES string of the molecule is CCc1c([N+](=O)[O-])ccc(OC)c1[N+](=O)[O-]. The molecule has 0 fully saturated rings. The molecule has 7 nitrogen and oxygen atoms in total. The van der Waals surface area contributed by atoms with Crippen molar-refractivity contribution < 1.29 is 14.6 Å². The van der Waals surface area contributed by atoms with E-state index in [4.69, 9.17) is 4.74 Å². The molecule has 0 bridgehead atoms. The largest absolute Gasteiger partial charge is 0.490 e. The van der Waals surface area contributed by atoms with Crippen LogP contribution in [0.2, 0.25) is 0 Å². The molecule has 0 unspecified atom stereocenters. The van der Waals surface area contributed by atoms with Crippen molar-refractivity contribution in [1.82, 2.24) is 0 Å². The van der Waals surface area contributed by atoms with E-state index in [9.17, 15) is 20.2 Å². The predicted molar refractivity (Wildman–Crippen MR) is 55.7 cm³/mol. The number of nitro benzene ring substituents is 2. The Bertz CT molecular complexity index is 444. The molecule has 1 aromatic carbocycles. The Kier molecular flexibility index (Phi) is 3.39. The highest BCUT2D eigenvalue weighted by Crippen LogP contribution is 2.36. The third-order valence-electron chi connectivity index (χ3n) is 2.17. The maximum absolute atomic E-state index is 10.8. The van der Waals surface area contributed by atoms with Crippen LogP contribution in [0.4, 0.5) is 11.4 Å². The van der Waals surface area contributed by atoms with Gasteiger partial charge in [-0.3, -0.25) is 20.2 Å². The van der Waals surface area contributed by atoms with Gasteiger partial charge >= 0.3 is 5.69 Å². The minimum absolute atomic E-state index is 0.0347. The van der Waals surface area contributed by atoms with Crippen LogP contribution in [0.1, 0.15) is 12.5 Å². The topological polar surface area (TPSA) is 95.5 Å². The molecule has 0 N–H and O–H groups in total. The van der Waals surface area contributed by atoms with Gasteiger partial charge in [0.25, 0.3) is 5.69 Å². The van der Waals surface area contributed by atoms with Gasteiger partial charge in [-0.25, -0.2) is 0 Å². The molecule has 86 valence electrons. The first-order chi connectivity index (χ1) is 7.52. The van der Waals surface area contributed by atoms with E-state index in [1.54, 1.807) is 6.92 Å². The molecular formula is C9H10N2O5. The van der Waals surface area contributed by atoms with Gasteiger partial charge in [0.15, 0.2) is 5.75 Å². The highest BCUT2D eigenvalue weighted by molar-refractivity contribution is 5.61. The fourth-order valence-corrected chi connectivity index (χ4v) is 1.49. The summed E-state index contributed by atoms with van der Waals surface area (Å²) in [5.74, 6) is 0.0347. The summed E-state index contributed by atoms with van der Waals surface area (Å²) in [4.78, 5) is 20.2. The van der Waals surface area contributed by atoms with Crippen molar-refractivity contribution in [3.63, 3.8) is 0 Å². The number of methoxy groups -OCH3 is 1. The zero-order valence-electron chi connectivity index (χ0n) is 8.80. The van der Waals surface area contributed by atoms with Crippen molar-refractivity contribution in [2.75, 3.05) is 7.11 Å². The minimum Gasteiger partial charge on any atom is -0.490 e. The Labute approximate surface area is 90.9 Å². The fraction of sp³-hybridized carbons (Fsp3) is 0.333. The average Bonchev–Trinajstić information content (AvgIpc) is 2.26. The first kappa shape index (κ1) is 11.9. The van der Waals surface area contributed by atoms with Crippen LogP contribution >= 0.6 is 0 Å². The average molecular weight is 226 g/mol. The summed E-state index contributed by atoms with van der Waals surface area (Å²) >= 11 is 0. The van der Waals surface area contributed by atoms with Gasteiger partial charge in [-0.1, -0.05) is 6.92 Å². The highest BCUT2D eigenvalue weighted by atomic mass is 16.6. The van der Waals surface area contributed by atoms with Gasteiger partial charge in [0.1, 0.15) is 5.56 Å². The lowest BCUT2D eigenvalue weighted by atomic mass is 10.1. The first-order valence-electron chi connectivity index (χ1n) is 4.51. The Morgan fingerprint density at radius 2 is 1.88 bits per heavy atom. The Hall–Kier alpha value is -2.18. The van der Waals surface area contributed by atoms with Crippen LogP contribution in [0.5, 0.6) is 5.75 Å². The summed E-state index contributed by atoms with van der Waals surface area (Å²) < 4.78 is 4.82. The summed E-state index contributed by atoms with van der Waals surface area (Å²) in [6.07, 6.45) is 0.198. The van der Waals surface area contributed by atoms with E-state index in [2.05, 4.69) is 0 Å². The standard InChI is InChI=1S/C9H10N2O5/c1-3-6-7(10(12)13)4-5-8(16-2)9(6)11(14)15/h4-5H,3H2,1-2H3. The second kappa shape index (κ2) is 4.56. The lowest BCUT2D eigenvalue weighted by molar-refractivity contribution is -0.396. The van der Waals surface area contributed by atoms with Crippen molar-refractivity contribution in [3.05, 3.63) is 37.9 Å². The Balaban J connectivity index is 3.56. The number of benzene rings is 1. The summed E-state index contributed by atoms with van der Waals surface area (Å²) in [6, 6.07) is 2.44. The number of nitrogens with zero attached hydrogens (tertiary/aromatic N) is 2. The third-order valence-corrected chi connectivity index (χ3v) is 2.17. The molecule has 0 atom stereocenters. The maximum Gasteiger partial charge on any atom is 0.320 e. The van der Waals surface area contributed by atoms with Crippen LogP contribution in [0, 0.1) is 20.2 Å². The van der Waals surface area contributed by atoms with Crippen LogP contribution in [-0.2, 0) is 6.42 Å². The monoisotopic (exact) mass is 226 g/mol. The lowest BCUT2D eigenvalue weighted by Gasteiger charge is -2.05. The Morgan fingerprint density at radius 3 is 2.25 bits per heavy atom. The molecule has 0 heterocycles. The summed E-state index contributed by atoms with van der Waals surface area (Å²) in [7, 11) is 1.29. The quantitative estimate of drug-likeness (QED) is 0.578. The molecule has 0 aliphatic carbocycles. The molecule has 0 radical (unpaired) electrons. The van der Waals surface area contributed by atoms with Crippen LogP contribution in [0.15, 0.2) is 12.1 Å². The molecule has 0 aliphatic heterocycles. The number of ether oxygens (including phenoxy) is 1. The minimum atomic E-state index is -0.662. The Morgan fingerprint density at radius 1 is 1.25 bits per heavy atom. The normalized spacial score (nSPS) is 9.88.